The van der Waals surface area contributed by atoms with E-state index in [2.05, 4.69) is 40.0 Å². The minimum absolute atomic E-state index is 0.550. The number of aliphatic imine (C=N–C) groups is 1. The summed E-state index contributed by atoms with van der Waals surface area (Å²) < 4.78 is 0. The maximum absolute atomic E-state index is 4.98. The molecule has 1 aromatic heterocycles. The van der Waals surface area contributed by atoms with Crippen LogP contribution < -0.4 is 15.5 Å². The normalized spacial score (nSPS) is 22.5. The van der Waals surface area contributed by atoms with Crippen LogP contribution in [0.2, 0.25) is 0 Å². The van der Waals surface area contributed by atoms with Gasteiger partial charge >= 0.3 is 0 Å². The lowest BCUT2D eigenvalue weighted by molar-refractivity contribution is 0.414. The number of nitrogens with one attached hydrogen (secondary N) is 2. The van der Waals surface area contributed by atoms with E-state index in [1.165, 1.54) is 43.5 Å². The lowest BCUT2D eigenvalue weighted by Gasteiger charge is -2.33. The van der Waals surface area contributed by atoms with Gasteiger partial charge in [-0.25, -0.2) is 0 Å². The van der Waals surface area contributed by atoms with Gasteiger partial charge in [0.1, 0.15) is 0 Å². The molecule has 2 saturated carbocycles. The molecule has 1 aliphatic heterocycles. The summed E-state index contributed by atoms with van der Waals surface area (Å²) in [4.78, 5) is 7.50. The molecule has 4 nitrogen and oxygen atoms in total. The third-order valence-corrected chi connectivity index (χ3v) is 6.84. The maximum Gasteiger partial charge on any atom is 0.191 e. The predicted octanol–water partition coefficient (Wildman–Crippen LogP) is 3.71. The number of rotatable bonds is 7. The zero-order chi connectivity index (χ0) is 17.1. The van der Waals surface area contributed by atoms with Crippen molar-refractivity contribution in [2.24, 2.45) is 22.7 Å². The van der Waals surface area contributed by atoms with E-state index < -0.39 is 0 Å². The number of thiophene rings is 1. The highest BCUT2D eigenvalue weighted by atomic mass is 32.1. The Morgan fingerprint density at radius 2 is 1.92 bits per heavy atom. The SMILES string of the molecule is CCNC(=NCC(C1CC1)C1CC1)NC1CCN(c2cccs2)CC1. The van der Waals surface area contributed by atoms with Gasteiger partial charge in [0, 0.05) is 32.2 Å². The van der Waals surface area contributed by atoms with Crippen molar-refractivity contribution in [2.75, 3.05) is 31.1 Å². The second-order valence-corrected chi connectivity index (χ2v) is 8.84. The topological polar surface area (TPSA) is 39.7 Å². The molecule has 1 saturated heterocycles. The Bertz CT molecular complexity index is 542. The average molecular weight is 361 g/mol. The Hall–Kier alpha value is -1.23. The van der Waals surface area contributed by atoms with Gasteiger partial charge in [-0.2, -0.15) is 0 Å². The highest BCUT2D eigenvalue weighted by Crippen LogP contribution is 2.49. The molecule has 25 heavy (non-hydrogen) atoms. The van der Waals surface area contributed by atoms with Crippen molar-refractivity contribution in [3.05, 3.63) is 17.5 Å². The zero-order valence-corrected chi connectivity index (χ0v) is 16.2. The van der Waals surface area contributed by atoms with Crippen molar-refractivity contribution in [1.82, 2.24) is 10.6 Å². The van der Waals surface area contributed by atoms with Crippen molar-refractivity contribution < 1.29 is 0 Å². The lowest BCUT2D eigenvalue weighted by Crippen LogP contribution is -2.48. The molecule has 0 atom stereocenters. The summed E-state index contributed by atoms with van der Waals surface area (Å²) in [5.74, 6) is 3.86. The summed E-state index contributed by atoms with van der Waals surface area (Å²) in [6.07, 6.45) is 8.17. The summed E-state index contributed by atoms with van der Waals surface area (Å²) in [6.45, 7) is 6.42. The van der Waals surface area contributed by atoms with Crippen LogP contribution in [-0.2, 0) is 0 Å². The molecule has 3 aliphatic rings. The van der Waals surface area contributed by atoms with Gasteiger partial charge in [0.15, 0.2) is 5.96 Å². The van der Waals surface area contributed by atoms with Crippen molar-refractivity contribution in [3.63, 3.8) is 0 Å². The van der Waals surface area contributed by atoms with E-state index in [1.807, 2.05) is 11.3 Å². The highest BCUT2D eigenvalue weighted by Gasteiger charge is 2.41. The standard InChI is InChI=1S/C20H32N4S/c1-2-21-20(22-14-18(15-5-6-15)16-7-8-16)23-17-9-11-24(12-10-17)19-4-3-13-25-19/h3-4,13,15-18H,2,5-12,14H2,1H3,(H2,21,22,23). The number of hydrogen-bond acceptors (Lipinski definition) is 3. The second-order valence-electron chi connectivity index (χ2n) is 7.92. The molecule has 0 aromatic carbocycles. The van der Waals surface area contributed by atoms with Crippen LogP contribution in [0.5, 0.6) is 0 Å². The summed E-state index contributed by atoms with van der Waals surface area (Å²) >= 11 is 1.85. The fourth-order valence-corrected chi connectivity index (χ4v) is 4.92. The maximum atomic E-state index is 4.98. The van der Waals surface area contributed by atoms with Gasteiger partial charge < -0.3 is 15.5 Å². The summed E-state index contributed by atoms with van der Waals surface area (Å²) in [6, 6.07) is 4.94. The monoisotopic (exact) mass is 360 g/mol. The molecule has 0 radical (unpaired) electrons. The Kier molecular flexibility index (Phi) is 5.49. The van der Waals surface area contributed by atoms with Gasteiger partial charge in [-0.1, -0.05) is 0 Å². The summed E-state index contributed by atoms with van der Waals surface area (Å²) in [5, 5.41) is 10.8. The summed E-state index contributed by atoms with van der Waals surface area (Å²) in [7, 11) is 0. The van der Waals surface area contributed by atoms with E-state index in [1.54, 1.807) is 0 Å². The Balaban J connectivity index is 1.28. The smallest absolute Gasteiger partial charge is 0.191 e. The van der Waals surface area contributed by atoms with Crippen LogP contribution >= 0.6 is 11.3 Å². The molecule has 138 valence electrons. The fourth-order valence-electron chi connectivity index (χ4n) is 4.14. The van der Waals surface area contributed by atoms with Crippen LogP contribution in [0.3, 0.4) is 0 Å². The van der Waals surface area contributed by atoms with Crippen LogP contribution in [0, 0.1) is 17.8 Å². The molecule has 4 rings (SSSR count). The zero-order valence-electron chi connectivity index (χ0n) is 15.4. The molecule has 2 heterocycles. The van der Waals surface area contributed by atoms with E-state index >= 15 is 0 Å². The Morgan fingerprint density at radius 1 is 1.20 bits per heavy atom. The van der Waals surface area contributed by atoms with Crippen molar-refractivity contribution in [1.29, 1.82) is 0 Å². The first-order chi connectivity index (χ1) is 12.3. The van der Waals surface area contributed by atoms with Crippen molar-refractivity contribution in [3.8, 4) is 0 Å². The highest BCUT2D eigenvalue weighted by molar-refractivity contribution is 7.14. The molecule has 5 heteroatoms. The number of piperidine rings is 1. The van der Waals surface area contributed by atoms with Crippen LogP contribution in [0.1, 0.15) is 45.4 Å². The lowest BCUT2D eigenvalue weighted by atomic mass is 9.98. The van der Waals surface area contributed by atoms with Gasteiger partial charge in [0.25, 0.3) is 0 Å². The third-order valence-electron chi connectivity index (χ3n) is 5.91. The number of hydrogen-bond donors (Lipinski definition) is 2. The minimum Gasteiger partial charge on any atom is -0.363 e. The minimum atomic E-state index is 0.550. The first kappa shape index (κ1) is 17.2. The van der Waals surface area contributed by atoms with Crippen LogP contribution in [-0.4, -0.2) is 38.2 Å². The van der Waals surface area contributed by atoms with Gasteiger partial charge in [0.2, 0.25) is 0 Å². The molecule has 0 amide bonds. The molecular formula is C20H32N4S. The third kappa shape index (κ3) is 4.69. The number of anilines is 1. The molecule has 2 N–H and O–H groups in total. The molecule has 2 aliphatic carbocycles. The van der Waals surface area contributed by atoms with Gasteiger partial charge in [-0.05, 0) is 80.7 Å². The molecule has 0 unspecified atom stereocenters. The van der Waals surface area contributed by atoms with Crippen molar-refractivity contribution in [2.45, 2.75) is 51.5 Å². The molecule has 3 fully saturated rings. The predicted molar refractivity (Wildman–Crippen MR) is 108 cm³/mol. The first-order valence-electron chi connectivity index (χ1n) is 10.2. The first-order valence-corrected chi connectivity index (χ1v) is 11.0. The van der Waals surface area contributed by atoms with Gasteiger partial charge in [-0.15, -0.1) is 11.3 Å². The molecule has 0 spiro atoms. The molecule has 0 bridgehead atoms. The van der Waals surface area contributed by atoms with Crippen LogP contribution in [0.15, 0.2) is 22.5 Å². The van der Waals surface area contributed by atoms with Gasteiger partial charge in [-0.3, -0.25) is 4.99 Å². The van der Waals surface area contributed by atoms with Crippen molar-refractivity contribution >= 4 is 22.3 Å². The largest absolute Gasteiger partial charge is 0.363 e. The Morgan fingerprint density at radius 3 is 2.48 bits per heavy atom. The second kappa shape index (κ2) is 7.98. The van der Waals surface area contributed by atoms with Crippen LogP contribution in [0.4, 0.5) is 5.00 Å². The quantitative estimate of drug-likeness (QED) is 0.575. The fraction of sp³-hybridized carbons (Fsp3) is 0.750. The van der Waals surface area contributed by atoms with Crippen LogP contribution in [0.25, 0.3) is 0 Å². The van der Waals surface area contributed by atoms with E-state index in [4.69, 9.17) is 4.99 Å². The van der Waals surface area contributed by atoms with E-state index in [0.29, 0.717) is 6.04 Å². The number of guanidine groups is 1. The van der Waals surface area contributed by atoms with E-state index in [9.17, 15) is 0 Å². The van der Waals surface area contributed by atoms with E-state index in [-0.39, 0.29) is 0 Å². The number of nitrogens with zero attached hydrogens (tertiary/aromatic N) is 2. The van der Waals surface area contributed by atoms with Gasteiger partial charge in [0.05, 0.1) is 5.00 Å². The summed E-state index contributed by atoms with van der Waals surface area (Å²) in [5.41, 5.74) is 0. The van der Waals surface area contributed by atoms with E-state index in [0.717, 1.165) is 49.9 Å². The molecule has 1 aromatic rings. The average Bonchev–Trinajstić information content (AvgIpc) is 3.57. The molecular weight excluding hydrogens is 328 g/mol. The Labute approximate surface area is 156 Å².